The first-order valence-corrected chi connectivity index (χ1v) is 15.1. The van der Waals surface area contributed by atoms with Crippen LogP contribution in [0, 0.1) is 18.8 Å². The number of benzene rings is 2. The SMILES string of the molecule is C=C(Cl)/C=C\C=C(/F)C1C[C@H](CO)N(CC2CCOCC2)C1C(=O)Nc1cccc(Cl)c1.COC(=O)c1ccc(C)c(N)c1. The molecule has 8 nitrogen and oxygen atoms in total. The number of methoxy groups -OCH3 is 1. The zero-order chi connectivity index (χ0) is 32.2. The number of nitrogen functional groups attached to an aromatic ring is 1. The first-order valence-electron chi connectivity index (χ1n) is 14.4. The number of carbonyl (C=O) groups is 2. The van der Waals surface area contributed by atoms with Gasteiger partial charge in [0.2, 0.25) is 5.91 Å². The van der Waals surface area contributed by atoms with Gasteiger partial charge in [0, 0.05) is 53.1 Å². The van der Waals surface area contributed by atoms with E-state index in [9.17, 15) is 14.7 Å². The van der Waals surface area contributed by atoms with E-state index in [0.717, 1.165) is 18.4 Å². The minimum absolute atomic E-state index is 0.151. The Hall–Kier alpha value is -3.21. The third-order valence-electron chi connectivity index (χ3n) is 7.70. The molecule has 2 unspecified atom stereocenters. The Balaban J connectivity index is 0.000000369. The lowest BCUT2D eigenvalue weighted by atomic mass is 9.95. The van der Waals surface area contributed by atoms with Crippen molar-refractivity contribution in [3.8, 4) is 0 Å². The molecule has 2 aromatic rings. The van der Waals surface area contributed by atoms with Crippen molar-refractivity contribution in [3.05, 3.63) is 94.3 Å². The summed E-state index contributed by atoms with van der Waals surface area (Å²) in [7, 11) is 1.35. The van der Waals surface area contributed by atoms with Crippen LogP contribution >= 0.6 is 23.2 Å². The van der Waals surface area contributed by atoms with Gasteiger partial charge in [0.15, 0.2) is 0 Å². The number of hydrogen-bond donors (Lipinski definition) is 3. The van der Waals surface area contributed by atoms with Gasteiger partial charge in [-0.1, -0.05) is 48.0 Å². The Morgan fingerprint density at radius 1 is 1.25 bits per heavy atom. The van der Waals surface area contributed by atoms with E-state index in [1.165, 1.54) is 25.3 Å². The Morgan fingerprint density at radius 2 is 1.98 bits per heavy atom. The van der Waals surface area contributed by atoms with Crippen LogP contribution in [0.4, 0.5) is 15.8 Å². The van der Waals surface area contributed by atoms with E-state index in [1.807, 2.05) is 11.8 Å². The van der Waals surface area contributed by atoms with Crippen LogP contribution in [0.2, 0.25) is 5.02 Å². The molecule has 0 aliphatic carbocycles. The quantitative estimate of drug-likeness (QED) is 0.167. The Kier molecular flexibility index (Phi) is 13.9. The standard InChI is InChI=1S/C24H29Cl2FN2O3.C9H11NO2/c1-16(25)4-2-7-22(27)21-13-20(15-30)29(14-17-8-10-32-11-9-17)23(21)24(31)28-19-6-3-5-18(26)12-19;1-6-3-4-7(5-8(6)10)9(11)12-2/h2-7,12,17,20-21,23,30H,1,8-11,13-15H2,(H,28,31);3-5H,10H2,1-2H3/b4-2-,22-7-;/t20-,21?,23?;/m1./s1. The summed E-state index contributed by atoms with van der Waals surface area (Å²) >= 11 is 11.8. The van der Waals surface area contributed by atoms with E-state index in [-0.39, 0.29) is 29.6 Å². The van der Waals surface area contributed by atoms with Crippen LogP contribution in [-0.2, 0) is 14.3 Å². The number of aryl methyl sites for hydroxylation is 1. The van der Waals surface area contributed by atoms with Gasteiger partial charge < -0.3 is 25.6 Å². The number of aliphatic hydroxyl groups excluding tert-OH is 1. The molecule has 4 N–H and O–H groups in total. The van der Waals surface area contributed by atoms with Gasteiger partial charge in [0.25, 0.3) is 0 Å². The number of nitrogens with zero attached hydrogens (tertiary/aromatic N) is 1. The predicted molar refractivity (Wildman–Crippen MR) is 173 cm³/mol. The van der Waals surface area contributed by atoms with Gasteiger partial charge in [-0.15, -0.1) is 0 Å². The fourth-order valence-corrected chi connectivity index (χ4v) is 5.58. The predicted octanol–water partition coefficient (Wildman–Crippen LogP) is 6.28. The van der Waals surface area contributed by atoms with Gasteiger partial charge in [0.05, 0.1) is 25.3 Å². The number of esters is 1. The van der Waals surface area contributed by atoms with Crippen LogP contribution in [-0.4, -0.2) is 67.4 Å². The number of ether oxygens (including phenoxy) is 2. The van der Waals surface area contributed by atoms with E-state index in [1.54, 1.807) is 42.5 Å². The summed E-state index contributed by atoms with van der Waals surface area (Å²) in [5.74, 6) is -1.49. The number of halogens is 3. The minimum atomic E-state index is -0.766. The lowest BCUT2D eigenvalue weighted by Gasteiger charge is -2.34. The second-order valence-corrected chi connectivity index (χ2v) is 11.7. The summed E-state index contributed by atoms with van der Waals surface area (Å²) in [5.41, 5.74) is 8.21. The van der Waals surface area contributed by atoms with E-state index < -0.39 is 17.8 Å². The molecule has 3 atom stereocenters. The molecular weight excluding hydrogens is 608 g/mol. The third kappa shape index (κ3) is 10.2. The number of hydrogen-bond acceptors (Lipinski definition) is 7. The smallest absolute Gasteiger partial charge is 0.337 e. The first kappa shape index (κ1) is 35.3. The van der Waals surface area contributed by atoms with Crippen molar-refractivity contribution in [2.24, 2.45) is 11.8 Å². The monoisotopic (exact) mass is 647 g/mol. The number of nitrogens with two attached hydrogens (primary N) is 1. The molecule has 4 rings (SSSR count). The molecule has 2 heterocycles. The molecular formula is C33H40Cl2FN3O5. The normalized spacial score (nSPS) is 21.0. The van der Waals surface area contributed by atoms with Crippen LogP contribution in [0.1, 0.15) is 35.2 Å². The van der Waals surface area contributed by atoms with Gasteiger partial charge in [-0.2, -0.15) is 0 Å². The maximum Gasteiger partial charge on any atom is 0.337 e. The van der Waals surface area contributed by atoms with Gasteiger partial charge in [-0.25, -0.2) is 9.18 Å². The number of allylic oxidation sites excluding steroid dienone is 4. The van der Waals surface area contributed by atoms with Crippen molar-refractivity contribution in [1.82, 2.24) is 4.90 Å². The summed E-state index contributed by atoms with van der Waals surface area (Å²) in [6.07, 6.45) is 6.36. The number of aliphatic hydroxyl groups is 1. The van der Waals surface area contributed by atoms with Crippen LogP contribution < -0.4 is 11.1 Å². The average molecular weight is 649 g/mol. The Bertz CT molecular complexity index is 1360. The van der Waals surface area contributed by atoms with E-state index in [0.29, 0.717) is 54.1 Å². The van der Waals surface area contributed by atoms with Gasteiger partial charge in [-0.05, 0) is 80.2 Å². The number of rotatable bonds is 9. The molecule has 2 aromatic carbocycles. The fourth-order valence-electron chi connectivity index (χ4n) is 5.32. The number of nitrogens with one attached hydrogen (secondary N) is 1. The lowest BCUT2D eigenvalue weighted by Crippen LogP contribution is -2.49. The highest BCUT2D eigenvalue weighted by atomic mass is 35.5. The zero-order valence-electron chi connectivity index (χ0n) is 25.0. The van der Waals surface area contributed by atoms with Crippen LogP contribution in [0.3, 0.4) is 0 Å². The molecule has 0 radical (unpaired) electrons. The molecule has 1 amide bonds. The van der Waals surface area contributed by atoms with Crippen LogP contribution in [0.5, 0.6) is 0 Å². The highest BCUT2D eigenvalue weighted by molar-refractivity contribution is 6.31. The van der Waals surface area contributed by atoms with Crippen LogP contribution in [0.25, 0.3) is 0 Å². The molecule has 0 spiro atoms. The first-order chi connectivity index (χ1) is 21.0. The second kappa shape index (κ2) is 17.3. The molecule has 2 saturated heterocycles. The van der Waals surface area contributed by atoms with Crippen molar-refractivity contribution in [2.75, 3.05) is 44.5 Å². The maximum absolute atomic E-state index is 15.2. The lowest BCUT2D eigenvalue weighted by molar-refractivity contribution is -0.122. The number of anilines is 2. The summed E-state index contributed by atoms with van der Waals surface area (Å²) in [6, 6.07) is 10.9. The fraction of sp³-hybridized carbons (Fsp3) is 0.394. The molecule has 0 saturated carbocycles. The Labute approximate surface area is 268 Å². The van der Waals surface area contributed by atoms with Crippen molar-refractivity contribution in [1.29, 1.82) is 0 Å². The minimum Gasteiger partial charge on any atom is -0.465 e. The van der Waals surface area contributed by atoms with Crippen molar-refractivity contribution >= 4 is 46.5 Å². The van der Waals surface area contributed by atoms with E-state index in [4.69, 9.17) is 33.7 Å². The molecule has 44 heavy (non-hydrogen) atoms. The molecule has 2 aliphatic heterocycles. The molecule has 0 bridgehead atoms. The average Bonchev–Trinajstić information content (AvgIpc) is 3.37. The highest BCUT2D eigenvalue weighted by Gasteiger charge is 2.47. The second-order valence-electron chi connectivity index (χ2n) is 10.8. The number of carbonyl (C=O) groups excluding carboxylic acids is 2. The van der Waals surface area contributed by atoms with Crippen LogP contribution in [0.15, 0.2) is 78.1 Å². The largest absolute Gasteiger partial charge is 0.465 e. The summed E-state index contributed by atoms with van der Waals surface area (Å²) in [6.45, 7) is 7.23. The maximum atomic E-state index is 15.2. The summed E-state index contributed by atoms with van der Waals surface area (Å²) < 4.78 is 25.2. The van der Waals surface area contributed by atoms with E-state index >= 15 is 4.39 Å². The van der Waals surface area contributed by atoms with Crippen molar-refractivity contribution in [3.63, 3.8) is 0 Å². The van der Waals surface area contributed by atoms with E-state index in [2.05, 4.69) is 16.6 Å². The summed E-state index contributed by atoms with van der Waals surface area (Å²) in [4.78, 5) is 26.3. The molecule has 11 heteroatoms. The van der Waals surface area contributed by atoms with Gasteiger partial charge in [-0.3, -0.25) is 9.69 Å². The highest BCUT2D eigenvalue weighted by Crippen LogP contribution is 2.38. The third-order valence-corrected chi connectivity index (χ3v) is 8.06. The number of likely N-dealkylation sites (tertiary alicyclic amines) is 1. The molecule has 238 valence electrons. The number of amides is 1. The van der Waals surface area contributed by atoms with Crippen molar-refractivity contribution in [2.45, 2.75) is 38.3 Å². The van der Waals surface area contributed by atoms with Gasteiger partial charge >= 0.3 is 5.97 Å². The zero-order valence-corrected chi connectivity index (χ0v) is 26.5. The molecule has 0 aromatic heterocycles. The van der Waals surface area contributed by atoms with Gasteiger partial charge in [0.1, 0.15) is 5.83 Å². The molecule has 2 fully saturated rings. The molecule has 2 aliphatic rings. The van der Waals surface area contributed by atoms with Crippen molar-refractivity contribution < 1.29 is 28.6 Å². The Morgan fingerprint density at radius 3 is 2.59 bits per heavy atom. The topological polar surface area (TPSA) is 114 Å². The summed E-state index contributed by atoms with van der Waals surface area (Å²) in [5, 5.41) is 13.7.